The minimum atomic E-state index is -3.13. The molecule has 0 bridgehead atoms. The molecule has 2 amide bonds. The summed E-state index contributed by atoms with van der Waals surface area (Å²) in [4.78, 5) is 17.9. The molecule has 0 spiro atoms. The van der Waals surface area contributed by atoms with Gasteiger partial charge in [0, 0.05) is 57.6 Å². The van der Waals surface area contributed by atoms with E-state index in [-0.39, 0.29) is 29.6 Å². The number of rotatable bonds is 3. The number of hydrogen-bond donors (Lipinski definition) is 0. The second-order valence-electron chi connectivity index (χ2n) is 7.47. The highest BCUT2D eigenvalue weighted by atomic mass is 32.2. The molecule has 9 heteroatoms. The van der Waals surface area contributed by atoms with E-state index >= 15 is 0 Å². The predicted molar refractivity (Wildman–Crippen MR) is 95.0 cm³/mol. The van der Waals surface area contributed by atoms with Crippen LogP contribution in [0.15, 0.2) is 12.4 Å². The topological polar surface area (TPSA) is 78.8 Å². The summed E-state index contributed by atoms with van der Waals surface area (Å²) in [5.74, 6) is 0.173. The van der Waals surface area contributed by atoms with Crippen LogP contribution in [0, 0.1) is 0 Å². The predicted octanol–water partition coefficient (Wildman–Crippen LogP) is 0.429. The average Bonchev–Trinajstić information content (AvgIpc) is 3.10. The van der Waals surface area contributed by atoms with Crippen LogP contribution in [0.25, 0.3) is 0 Å². The summed E-state index contributed by atoms with van der Waals surface area (Å²) in [6.45, 7) is 6.02. The number of urea groups is 1. The van der Waals surface area contributed by atoms with Gasteiger partial charge in [0.1, 0.15) is 0 Å². The Hall–Kier alpha value is -1.61. The molecule has 2 aliphatic rings. The van der Waals surface area contributed by atoms with Gasteiger partial charge in [0.05, 0.1) is 23.7 Å². The highest BCUT2D eigenvalue weighted by Crippen LogP contribution is 2.28. The van der Waals surface area contributed by atoms with Gasteiger partial charge in [-0.15, -0.1) is 0 Å². The zero-order valence-electron chi connectivity index (χ0n) is 15.3. The Morgan fingerprint density at radius 3 is 2.56 bits per heavy atom. The van der Waals surface area contributed by atoms with E-state index in [1.807, 2.05) is 17.1 Å². The normalized spacial score (nSPS) is 26.0. The van der Waals surface area contributed by atoms with E-state index in [1.54, 1.807) is 19.0 Å². The summed E-state index contributed by atoms with van der Waals surface area (Å²) in [6, 6.07) is -0.235. The first-order chi connectivity index (χ1) is 11.7. The van der Waals surface area contributed by atoms with E-state index in [1.165, 1.54) is 4.90 Å². The Bertz CT molecular complexity index is 743. The third-order valence-electron chi connectivity index (χ3n) is 4.99. The molecule has 0 unspecified atom stereocenters. The number of aromatic nitrogens is 2. The van der Waals surface area contributed by atoms with Crippen molar-refractivity contribution in [2.45, 2.75) is 38.5 Å². The maximum absolute atomic E-state index is 12.4. The molecule has 2 saturated heterocycles. The van der Waals surface area contributed by atoms with Gasteiger partial charge < -0.3 is 9.80 Å². The fourth-order valence-electron chi connectivity index (χ4n) is 3.69. The molecular weight excluding hydrogens is 342 g/mol. The molecule has 2 atom stereocenters. The van der Waals surface area contributed by atoms with E-state index in [0.717, 1.165) is 5.56 Å². The summed E-state index contributed by atoms with van der Waals surface area (Å²) in [6.07, 6.45) is 3.86. The second kappa shape index (κ2) is 6.60. The smallest absolute Gasteiger partial charge is 0.319 e. The van der Waals surface area contributed by atoms with Crippen LogP contribution in [0.4, 0.5) is 4.79 Å². The lowest BCUT2D eigenvalue weighted by Crippen LogP contribution is -2.61. The third kappa shape index (κ3) is 3.67. The standard InChI is InChI=1S/C16H27N5O3S/c1-12(2)21-9-13(7-17-21)8-19-5-6-20(16(22)18(3)4)15-11-25(23,24)10-14(15)19/h7,9,12,14-15H,5-6,8,10-11H2,1-4H3/t14-,15+/m1/s1. The van der Waals surface area contributed by atoms with Gasteiger partial charge in [0.25, 0.3) is 0 Å². The largest absolute Gasteiger partial charge is 0.331 e. The van der Waals surface area contributed by atoms with Gasteiger partial charge in [0.15, 0.2) is 9.84 Å². The van der Waals surface area contributed by atoms with E-state index < -0.39 is 9.84 Å². The Morgan fingerprint density at radius 1 is 1.28 bits per heavy atom. The van der Waals surface area contributed by atoms with Crippen LogP contribution in [0.3, 0.4) is 0 Å². The number of piperazine rings is 1. The van der Waals surface area contributed by atoms with Gasteiger partial charge in [0.2, 0.25) is 0 Å². The minimum Gasteiger partial charge on any atom is -0.331 e. The summed E-state index contributed by atoms with van der Waals surface area (Å²) < 4.78 is 26.4. The van der Waals surface area contributed by atoms with Gasteiger partial charge in [-0.3, -0.25) is 9.58 Å². The Balaban J connectivity index is 1.79. The molecule has 0 saturated carbocycles. The fraction of sp³-hybridized carbons (Fsp3) is 0.750. The van der Waals surface area contributed by atoms with Gasteiger partial charge in [-0.25, -0.2) is 13.2 Å². The van der Waals surface area contributed by atoms with Gasteiger partial charge >= 0.3 is 6.03 Å². The van der Waals surface area contributed by atoms with E-state index in [9.17, 15) is 13.2 Å². The zero-order valence-corrected chi connectivity index (χ0v) is 16.1. The molecule has 3 rings (SSSR count). The highest BCUT2D eigenvalue weighted by molar-refractivity contribution is 7.91. The van der Waals surface area contributed by atoms with E-state index in [2.05, 4.69) is 23.8 Å². The van der Waals surface area contributed by atoms with Crippen LogP contribution < -0.4 is 0 Å². The maximum atomic E-state index is 12.4. The van der Waals surface area contributed by atoms with Crippen LogP contribution >= 0.6 is 0 Å². The SMILES string of the molecule is CC(C)n1cc(CN2CCN(C(=O)N(C)C)[C@H]3CS(=O)(=O)C[C@H]32)cn1. The van der Waals surface area contributed by atoms with Crippen molar-refractivity contribution < 1.29 is 13.2 Å². The van der Waals surface area contributed by atoms with Crippen LogP contribution in [0.1, 0.15) is 25.5 Å². The van der Waals surface area contributed by atoms with Crippen LogP contribution in [0.2, 0.25) is 0 Å². The average molecular weight is 369 g/mol. The highest BCUT2D eigenvalue weighted by Gasteiger charge is 2.48. The molecule has 0 aliphatic carbocycles. The molecule has 0 aromatic carbocycles. The lowest BCUT2D eigenvalue weighted by molar-refractivity contribution is 0.0520. The zero-order chi connectivity index (χ0) is 18.4. The van der Waals surface area contributed by atoms with Gasteiger partial charge in [-0.2, -0.15) is 5.10 Å². The second-order valence-corrected chi connectivity index (χ2v) is 9.63. The first-order valence-corrected chi connectivity index (χ1v) is 10.5. The molecule has 2 aliphatic heterocycles. The van der Waals surface area contributed by atoms with Gasteiger partial charge in [-0.05, 0) is 13.8 Å². The van der Waals surface area contributed by atoms with E-state index in [0.29, 0.717) is 25.7 Å². The number of carbonyl (C=O) groups is 1. The van der Waals surface area contributed by atoms with Crippen LogP contribution in [0.5, 0.6) is 0 Å². The molecule has 2 fully saturated rings. The monoisotopic (exact) mass is 369 g/mol. The first kappa shape index (κ1) is 18.2. The van der Waals surface area contributed by atoms with Crippen molar-refractivity contribution in [3.05, 3.63) is 18.0 Å². The lowest BCUT2D eigenvalue weighted by Gasteiger charge is -2.44. The van der Waals surface area contributed by atoms with Crippen molar-refractivity contribution in [1.29, 1.82) is 0 Å². The first-order valence-electron chi connectivity index (χ1n) is 8.63. The molecule has 8 nitrogen and oxygen atoms in total. The molecule has 0 N–H and O–H groups in total. The fourth-order valence-corrected chi connectivity index (χ4v) is 5.70. The molecule has 0 radical (unpaired) electrons. The maximum Gasteiger partial charge on any atom is 0.319 e. The summed E-state index contributed by atoms with van der Waals surface area (Å²) >= 11 is 0. The summed E-state index contributed by atoms with van der Waals surface area (Å²) in [7, 11) is 0.274. The van der Waals surface area contributed by atoms with Crippen molar-refractivity contribution >= 4 is 15.9 Å². The molecule has 140 valence electrons. The van der Waals surface area contributed by atoms with Crippen molar-refractivity contribution in [3.8, 4) is 0 Å². The number of nitrogens with zero attached hydrogens (tertiary/aromatic N) is 5. The van der Waals surface area contributed by atoms with Gasteiger partial charge in [-0.1, -0.05) is 0 Å². The number of fused-ring (bicyclic) bond motifs is 1. The van der Waals surface area contributed by atoms with Crippen molar-refractivity contribution in [1.82, 2.24) is 24.5 Å². The number of amides is 2. The number of carbonyl (C=O) groups excluding carboxylic acids is 1. The van der Waals surface area contributed by atoms with Crippen molar-refractivity contribution in [2.75, 3.05) is 38.7 Å². The summed E-state index contributed by atoms with van der Waals surface area (Å²) in [5, 5.41) is 4.36. The molecule has 3 heterocycles. The lowest BCUT2D eigenvalue weighted by atomic mass is 10.0. The number of sulfone groups is 1. The van der Waals surface area contributed by atoms with Crippen molar-refractivity contribution in [2.24, 2.45) is 0 Å². The quantitative estimate of drug-likeness (QED) is 0.772. The molecule has 1 aromatic rings. The summed E-state index contributed by atoms with van der Waals surface area (Å²) in [5.41, 5.74) is 1.07. The molecule has 1 aromatic heterocycles. The Labute approximate surface area is 149 Å². The van der Waals surface area contributed by atoms with Crippen LogP contribution in [-0.2, 0) is 16.4 Å². The van der Waals surface area contributed by atoms with E-state index in [4.69, 9.17) is 0 Å². The molecular formula is C16H27N5O3S. The Morgan fingerprint density at radius 2 is 1.96 bits per heavy atom. The van der Waals surface area contributed by atoms with Crippen LogP contribution in [-0.4, -0.2) is 89.7 Å². The minimum absolute atomic E-state index is 0.0546. The molecule has 25 heavy (non-hydrogen) atoms. The van der Waals surface area contributed by atoms with Crippen molar-refractivity contribution in [3.63, 3.8) is 0 Å². The third-order valence-corrected chi connectivity index (χ3v) is 6.69. The Kier molecular flexibility index (Phi) is 4.80. The number of hydrogen-bond acceptors (Lipinski definition) is 5.